The van der Waals surface area contributed by atoms with Crippen LogP contribution in [-0.4, -0.2) is 25.2 Å². The first-order valence-electron chi connectivity index (χ1n) is 8.07. The Morgan fingerprint density at radius 3 is 1.96 bits per heavy atom. The van der Waals surface area contributed by atoms with Gasteiger partial charge in [-0.2, -0.15) is 0 Å². The molecule has 0 bridgehead atoms. The van der Waals surface area contributed by atoms with Crippen LogP contribution in [0.25, 0.3) is 33.9 Å². The Bertz CT molecular complexity index is 1050. The topological polar surface area (TPSA) is 79.1 Å². The van der Waals surface area contributed by atoms with Gasteiger partial charge in [0.2, 0.25) is 0 Å². The third-order valence-electron chi connectivity index (χ3n) is 3.93. The second-order valence-electron chi connectivity index (χ2n) is 5.79. The first kappa shape index (κ1) is 15.8. The van der Waals surface area contributed by atoms with Gasteiger partial charge >= 0.3 is 0 Å². The molecule has 0 aliphatic rings. The molecule has 1 aromatic carbocycles. The summed E-state index contributed by atoms with van der Waals surface area (Å²) in [6, 6.07) is 19.6. The predicted molar refractivity (Wildman–Crippen MR) is 99.5 cm³/mol. The monoisotopic (exact) mass is 341 g/mol. The summed E-state index contributed by atoms with van der Waals surface area (Å²) in [4.78, 5) is 13.4. The normalized spacial score (nSPS) is 10.6. The van der Waals surface area contributed by atoms with Gasteiger partial charge in [0.25, 0.3) is 0 Å². The van der Waals surface area contributed by atoms with Crippen LogP contribution in [0.3, 0.4) is 0 Å². The van der Waals surface area contributed by atoms with Crippen molar-refractivity contribution in [2.75, 3.05) is 0 Å². The molecule has 126 valence electrons. The highest BCUT2D eigenvalue weighted by Crippen LogP contribution is 2.30. The lowest BCUT2D eigenvalue weighted by molar-refractivity contribution is 0.451. The molecule has 3 aromatic heterocycles. The fourth-order valence-corrected chi connectivity index (χ4v) is 2.75. The van der Waals surface area contributed by atoms with Gasteiger partial charge in [-0.15, -0.1) is 0 Å². The number of phenols is 2. The Balaban J connectivity index is 1.75. The number of hydrogen-bond donors (Lipinski definition) is 2. The summed E-state index contributed by atoms with van der Waals surface area (Å²) in [5.74, 6) is 0.0160. The summed E-state index contributed by atoms with van der Waals surface area (Å²) < 4.78 is 0. The van der Waals surface area contributed by atoms with Gasteiger partial charge in [0.15, 0.2) is 0 Å². The summed E-state index contributed by atoms with van der Waals surface area (Å²) in [5.41, 5.74) is 4.51. The second-order valence-corrected chi connectivity index (χ2v) is 5.79. The van der Waals surface area contributed by atoms with E-state index >= 15 is 0 Å². The quantitative estimate of drug-likeness (QED) is 0.581. The summed E-state index contributed by atoms with van der Waals surface area (Å²) >= 11 is 0. The van der Waals surface area contributed by atoms with Gasteiger partial charge < -0.3 is 10.2 Å². The molecule has 0 saturated carbocycles. The zero-order valence-corrected chi connectivity index (χ0v) is 13.7. The van der Waals surface area contributed by atoms with Crippen LogP contribution in [0.15, 0.2) is 79.1 Å². The number of rotatable bonds is 3. The van der Waals surface area contributed by atoms with Gasteiger partial charge in [0.1, 0.15) is 11.5 Å². The molecule has 0 spiro atoms. The molecule has 0 unspecified atom stereocenters. The fourth-order valence-electron chi connectivity index (χ4n) is 2.75. The Morgan fingerprint density at radius 1 is 0.538 bits per heavy atom. The van der Waals surface area contributed by atoms with E-state index in [1.807, 2.05) is 48.5 Å². The molecule has 0 saturated heterocycles. The Morgan fingerprint density at radius 2 is 1.23 bits per heavy atom. The molecule has 5 nitrogen and oxygen atoms in total. The lowest BCUT2D eigenvalue weighted by atomic mass is 10.0. The molecule has 3 heterocycles. The number of pyridine rings is 3. The molecular formula is C21H15N3O2. The van der Waals surface area contributed by atoms with Crippen LogP contribution in [0.2, 0.25) is 0 Å². The highest BCUT2D eigenvalue weighted by atomic mass is 16.3. The average molecular weight is 341 g/mol. The van der Waals surface area contributed by atoms with E-state index in [0.717, 1.165) is 22.6 Å². The predicted octanol–water partition coefficient (Wildman–Crippen LogP) is 4.28. The third kappa shape index (κ3) is 3.23. The van der Waals surface area contributed by atoms with Crippen LogP contribution in [0.5, 0.6) is 11.5 Å². The number of phenolic OH excluding ortho intramolecular Hbond substituents is 2. The molecule has 0 radical (unpaired) electrons. The summed E-state index contributed by atoms with van der Waals surface area (Å²) in [7, 11) is 0. The largest absolute Gasteiger partial charge is 0.508 e. The van der Waals surface area contributed by atoms with Crippen LogP contribution < -0.4 is 0 Å². The van der Waals surface area contributed by atoms with Crippen molar-refractivity contribution in [3.05, 3.63) is 79.1 Å². The SMILES string of the molecule is Oc1cc(O)cc(-c2ccnc(-c3cccc(-c4ccccn4)n3)c2)c1. The van der Waals surface area contributed by atoms with Crippen molar-refractivity contribution < 1.29 is 10.2 Å². The van der Waals surface area contributed by atoms with Gasteiger partial charge in [0, 0.05) is 18.5 Å². The average Bonchev–Trinajstić information content (AvgIpc) is 2.68. The minimum atomic E-state index is 0.00800. The maximum absolute atomic E-state index is 9.71. The molecule has 0 atom stereocenters. The first-order chi connectivity index (χ1) is 12.7. The molecule has 0 aliphatic heterocycles. The molecule has 4 rings (SSSR count). The lowest BCUT2D eigenvalue weighted by Gasteiger charge is -2.07. The second kappa shape index (κ2) is 6.64. The summed E-state index contributed by atoms with van der Waals surface area (Å²) in [6.07, 6.45) is 3.41. The van der Waals surface area contributed by atoms with E-state index in [0.29, 0.717) is 11.3 Å². The summed E-state index contributed by atoms with van der Waals surface area (Å²) in [5, 5.41) is 19.4. The van der Waals surface area contributed by atoms with Crippen molar-refractivity contribution in [2.45, 2.75) is 0 Å². The maximum Gasteiger partial charge on any atom is 0.119 e. The van der Waals surface area contributed by atoms with E-state index in [4.69, 9.17) is 0 Å². The van der Waals surface area contributed by atoms with Crippen LogP contribution in [0.4, 0.5) is 0 Å². The van der Waals surface area contributed by atoms with E-state index < -0.39 is 0 Å². The minimum Gasteiger partial charge on any atom is -0.508 e. The van der Waals surface area contributed by atoms with Gasteiger partial charge in [0.05, 0.1) is 22.8 Å². The molecule has 2 N–H and O–H groups in total. The fraction of sp³-hybridized carbons (Fsp3) is 0. The Kier molecular flexibility index (Phi) is 4.03. The van der Waals surface area contributed by atoms with Crippen LogP contribution >= 0.6 is 0 Å². The molecule has 4 aromatic rings. The summed E-state index contributed by atoms with van der Waals surface area (Å²) in [6.45, 7) is 0. The maximum atomic E-state index is 9.71. The van der Waals surface area contributed by atoms with Crippen molar-refractivity contribution in [3.63, 3.8) is 0 Å². The van der Waals surface area contributed by atoms with Crippen LogP contribution in [0.1, 0.15) is 0 Å². The van der Waals surface area contributed by atoms with E-state index in [9.17, 15) is 10.2 Å². The number of aromatic hydroxyl groups is 2. The molecule has 0 amide bonds. The van der Waals surface area contributed by atoms with Gasteiger partial charge in [-0.25, -0.2) is 4.98 Å². The van der Waals surface area contributed by atoms with E-state index in [1.165, 1.54) is 6.07 Å². The van der Waals surface area contributed by atoms with Crippen LogP contribution in [0, 0.1) is 0 Å². The zero-order chi connectivity index (χ0) is 17.9. The third-order valence-corrected chi connectivity index (χ3v) is 3.93. The van der Waals surface area contributed by atoms with E-state index in [1.54, 1.807) is 24.5 Å². The highest BCUT2D eigenvalue weighted by molar-refractivity contribution is 5.72. The van der Waals surface area contributed by atoms with E-state index in [-0.39, 0.29) is 11.5 Å². The standard InChI is InChI=1S/C21H15N3O2/c25-16-10-15(11-17(26)13-16)14-7-9-23-21(12-14)20-6-3-5-19(24-20)18-4-1-2-8-22-18/h1-13,25-26H. The zero-order valence-electron chi connectivity index (χ0n) is 13.7. The smallest absolute Gasteiger partial charge is 0.119 e. The molecular weight excluding hydrogens is 326 g/mol. The highest BCUT2D eigenvalue weighted by Gasteiger charge is 2.08. The molecule has 0 fully saturated rings. The molecule has 5 heteroatoms. The number of hydrogen-bond acceptors (Lipinski definition) is 5. The van der Waals surface area contributed by atoms with Crippen molar-refractivity contribution in [3.8, 4) is 45.4 Å². The molecule has 26 heavy (non-hydrogen) atoms. The Labute approximate surface area is 150 Å². The van der Waals surface area contributed by atoms with Crippen molar-refractivity contribution in [1.82, 2.24) is 15.0 Å². The van der Waals surface area contributed by atoms with Crippen molar-refractivity contribution in [1.29, 1.82) is 0 Å². The van der Waals surface area contributed by atoms with E-state index in [2.05, 4.69) is 15.0 Å². The number of aromatic nitrogens is 3. The molecule has 0 aliphatic carbocycles. The van der Waals surface area contributed by atoms with Crippen molar-refractivity contribution in [2.24, 2.45) is 0 Å². The van der Waals surface area contributed by atoms with Gasteiger partial charge in [-0.3, -0.25) is 9.97 Å². The van der Waals surface area contributed by atoms with Crippen molar-refractivity contribution >= 4 is 0 Å². The lowest BCUT2D eigenvalue weighted by Crippen LogP contribution is -1.92. The Hall–Kier alpha value is -3.73. The van der Waals surface area contributed by atoms with Crippen LogP contribution in [-0.2, 0) is 0 Å². The van der Waals surface area contributed by atoms with Gasteiger partial charge in [-0.1, -0.05) is 12.1 Å². The number of benzene rings is 1. The van der Waals surface area contributed by atoms with Gasteiger partial charge in [-0.05, 0) is 59.7 Å². The number of nitrogens with zero attached hydrogens (tertiary/aromatic N) is 3. The minimum absolute atomic E-state index is 0.00800. The first-order valence-corrected chi connectivity index (χ1v) is 8.07.